The Morgan fingerprint density at radius 2 is 2.11 bits per heavy atom. The summed E-state index contributed by atoms with van der Waals surface area (Å²) in [6.45, 7) is 8.12. The van der Waals surface area contributed by atoms with Crippen molar-refractivity contribution in [1.82, 2.24) is 35.4 Å². The lowest BCUT2D eigenvalue weighted by Gasteiger charge is -2.10. The van der Waals surface area contributed by atoms with Gasteiger partial charge in [0, 0.05) is 31.6 Å². The number of pyridine rings is 1. The largest absolute Gasteiger partial charge is 0.357 e. The number of hydrogen-bond acceptors (Lipinski definition) is 6. The summed E-state index contributed by atoms with van der Waals surface area (Å²) in [6.07, 6.45) is 3.55. The van der Waals surface area contributed by atoms with Crippen molar-refractivity contribution in [1.29, 1.82) is 0 Å². The van der Waals surface area contributed by atoms with E-state index in [1.165, 1.54) is 0 Å². The molecule has 0 saturated carbocycles. The lowest BCUT2D eigenvalue weighted by molar-refractivity contribution is 0.368. The van der Waals surface area contributed by atoms with E-state index in [1.54, 1.807) is 0 Å². The Hall–Kier alpha value is -2.24. The Bertz CT molecular complexity index is 888. The average molecular weight is 498 g/mol. The molecule has 3 heterocycles. The predicted octanol–water partition coefficient (Wildman–Crippen LogP) is 2.54. The molecule has 0 bridgehead atoms. The quantitative estimate of drug-likeness (QED) is 0.213. The first kappa shape index (κ1) is 22.1. The predicted molar refractivity (Wildman–Crippen MR) is 118 cm³/mol. The molecule has 2 N–H and O–H groups in total. The summed E-state index contributed by atoms with van der Waals surface area (Å²) in [5, 5.41) is 18.9. The second-order valence-electron chi connectivity index (χ2n) is 6.47. The van der Waals surface area contributed by atoms with Crippen LogP contribution in [0, 0.1) is 0 Å². The maximum absolute atomic E-state index is 5.27. The molecule has 28 heavy (non-hydrogen) atoms. The Morgan fingerprint density at radius 1 is 1.25 bits per heavy atom. The van der Waals surface area contributed by atoms with Crippen molar-refractivity contribution < 1.29 is 4.52 Å². The summed E-state index contributed by atoms with van der Waals surface area (Å²) in [6, 6.07) is 5.82. The second-order valence-corrected chi connectivity index (χ2v) is 6.47. The van der Waals surface area contributed by atoms with Gasteiger partial charge in [-0.3, -0.25) is 4.40 Å². The number of guanidine groups is 1. The first-order chi connectivity index (χ1) is 13.2. The Labute approximate surface area is 181 Å². The van der Waals surface area contributed by atoms with Crippen molar-refractivity contribution in [2.75, 3.05) is 13.1 Å². The Morgan fingerprint density at radius 3 is 2.86 bits per heavy atom. The molecule has 0 atom stereocenters. The van der Waals surface area contributed by atoms with Gasteiger partial charge in [-0.2, -0.15) is 4.98 Å². The number of aliphatic imine (C=N–C) groups is 1. The zero-order chi connectivity index (χ0) is 19.1. The molecule has 0 aliphatic heterocycles. The number of rotatable bonds is 8. The normalized spacial score (nSPS) is 11.6. The molecule has 9 nitrogen and oxygen atoms in total. The third-order valence-corrected chi connectivity index (χ3v) is 3.97. The highest BCUT2D eigenvalue weighted by Gasteiger charge is 2.09. The third kappa shape index (κ3) is 5.88. The fraction of sp³-hybridized carbons (Fsp3) is 0.500. The number of aryl methyl sites for hydroxylation is 1. The van der Waals surface area contributed by atoms with Gasteiger partial charge in [-0.15, -0.1) is 34.2 Å². The number of nitrogens with one attached hydrogen (secondary N) is 2. The summed E-state index contributed by atoms with van der Waals surface area (Å²) in [4.78, 5) is 8.99. The van der Waals surface area contributed by atoms with Crippen molar-refractivity contribution in [2.45, 2.75) is 46.1 Å². The van der Waals surface area contributed by atoms with Crippen LogP contribution in [-0.2, 0) is 13.0 Å². The smallest absolute Gasteiger partial charge is 0.226 e. The van der Waals surface area contributed by atoms with Crippen molar-refractivity contribution >= 4 is 35.6 Å². The standard InChI is InChI=1S/C18H26N8O.HI/c1-4-19-18(20-10-7-9-16-22-17(13(2)3)25-27-16)21-12-15-24-23-14-8-5-6-11-26(14)15;/h5-6,8,11,13H,4,7,9-10,12H2,1-3H3,(H2,19,20,21);1H. The van der Waals surface area contributed by atoms with E-state index in [2.05, 4.69) is 36.0 Å². The molecule has 0 amide bonds. The molecule has 0 aliphatic rings. The third-order valence-electron chi connectivity index (χ3n) is 3.97. The number of nitrogens with zero attached hydrogens (tertiary/aromatic N) is 6. The molecule has 10 heteroatoms. The highest BCUT2D eigenvalue weighted by molar-refractivity contribution is 14.0. The zero-order valence-electron chi connectivity index (χ0n) is 16.4. The van der Waals surface area contributed by atoms with Gasteiger partial charge in [-0.1, -0.05) is 25.1 Å². The lowest BCUT2D eigenvalue weighted by Crippen LogP contribution is -2.37. The van der Waals surface area contributed by atoms with E-state index >= 15 is 0 Å². The first-order valence-corrected chi connectivity index (χ1v) is 9.30. The fourth-order valence-electron chi connectivity index (χ4n) is 2.54. The average Bonchev–Trinajstić information content (AvgIpc) is 3.30. The van der Waals surface area contributed by atoms with Crippen molar-refractivity contribution in [3.8, 4) is 0 Å². The monoisotopic (exact) mass is 498 g/mol. The van der Waals surface area contributed by atoms with Gasteiger partial charge in [0.15, 0.2) is 23.3 Å². The molecule has 0 unspecified atom stereocenters. The van der Waals surface area contributed by atoms with E-state index in [0.717, 1.165) is 49.2 Å². The minimum Gasteiger partial charge on any atom is -0.357 e. The maximum atomic E-state index is 5.27. The molecule has 0 aliphatic carbocycles. The fourth-order valence-corrected chi connectivity index (χ4v) is 2.54. The molecule has 0 fully saturated rings. The summed E-state index contributed by atoms with van der Waals surface area (Å²) in [7, 11) is 0. The van der Waals surface area contributed by atoms with Crippen LogP contribution in [0.25, 0.3) is 5.65 Å². The minimum atomic E-state index is 0. The van der Waals surface area contributed by atoms with Gasteiger partial charge < -0.3 is 15.2 Å². The molecule has 0 saturated heterocycles. The highest BCUT2D eigenvalue weighted by atomic mass is 127. The molecule has 0 radical (unpaired) electrons. The van der Waals surface area contributed by atoms with E-state index in [9.17, 15) is 0 Å². The number of fused-ring (bicyclic) bond motifs is 1. The Kier molecular flexibility index (Phi) is 8.61. The molecular weight excluding hydrogens is 471 g/mol. The minimum absolute atomic E-state index is 0. The molecule has 3 rings (SSSR count). The second kappa shape index (κ2) is 10.9. The summed E-state index contributed by atoms with van der Waals surface area (Å²) >= 11 is 0. The van der Waals surface area contributed by atoms with E-state index < -0.39 is 0 Å². The van der Waals surface area contributed by atoms with Crippen molar-refractivity contribution in [3.05, 3.63) is 41.9 Å². The van der Waals surface area contributed by atoms with E-state index in [1.807, 2.05) is 49.6 Å². The van der Waals surface area contributed by atoms with Gasteiger partial charge in [0.05, 0.1) is 0 Å². The van der Waals surface area contributed by atoms with Gasteiger partial charge in [0.2, 0.25) is 5.89 Å². The van der Waals surface area contributed by atoms with Crippen LogP contribution in [0.4, 0.5) is 0 Å². The van der Waals surface area contributed by atoms with E-state index in [0.29, 0.717) is 12.4 Å². The van der Waals surface area contributed by atoms with Gasteiger partial charge in [-0.05, 0) is 25.5 Å². The van der Waals surface area contributed by atoms with E-state index in [4.69, 9.17) is 4.52 Å². The van der Waals surface area contributed by atoms with Crippen LogP contribution in [0.3, 0.4) is 0 Å². The van der Waals surface area contributed by atoms with Gasteiger partial charge in [0.25, 0.3) is 0 Å². The molecule has 0 spiro atoms. The van der Waals surface area contributed by atoms with Crippen LogP contribution >= 0.6 is 24.0 Å². The lowest BCUT2D eigenvalue weighted by atomic mass is 10.2. The Balaban J connectivity index is 0.00000280. The summed E-state index contributed by atoms with van der Waals surface area (Å²) < 4.78 is 7.20. The van der Waals surface area contributed by atoms with Crippen LogP contribution in [0.2, 0.25) is 0 Å². The molecular formula is C18H27IN8O. The topological polar surface area (TPSA) is 106 Å². The molecule has 3 aromatic heterocycles. The SMILES string of the molecule is CCNC(=NCc1nnc2ccccn12)NCCCc1nc(C(C)C)no1.I. The zero-order valence-corrected chi connectivity index (χ0v) is 18.8. The molecule has 3 aromatic rings. The van der Waals surface area contributed by atoms with Gasteiger partial charge in [0.1, 0.15) is 6.54 Å². The number of halogens is 1. The van der Waals surface area contributed by atoms with Crippen LogP contribution in [0.5, 0.6) is 0 Å². The molecule has 152 valence electrons. The van der Waals surface area contributed by atoms with Gasteiger partial charge >= 0.3 is 0 Å². The number of aromatic nitrogens is 5. The first-order valence-electron chi connectivity index (χ1n) is 9.30. The van der Waals surface area contributed by atoms with Crippen LogP contribution in [-0.4, -0.2) is 43.8 Å². The summed E-state index contributed by atoms with van der Waals surface area (Å²) in [5.41, 5.74) is 0.820. The van der Waals surface area contributed by atoms with Gasteiger partial charge in [-0.25, -0.2) is 4.99 Å². The van der Waals surface area contributed by atoms with Crippen LogP contribution in [0.15, 0.2) is 33.9 Å². The van der Waals surface area contributed by atoms with E-state index in [-0.39, 0.29) is 29.9 Å². The van der Waals surface area contributed by atoms with Crippen LogP contribution < -0.4 is 10.6 Å². The van der Waals surface area contributed by atoms with Crippen molar-refractivity contribution in [3.63, 3.8) is 0 Å². The molecule has 0 aromatic carbocycles. The summed E-state index contributed by atoms with van der Waals surface area (Å²) in [5.74, 6) is 3.26. The van der Waals surface area contributed by atoms with Crippen molar-refractivity contribution in [2.24, 2.45) is 4.99 Å². The maximum Gasteiger partial charge on any atom is 0.226 e. The number of hydrogen-bond donors (Lipinski definition) is 2. The highest BCUT2D eigenvalue weighted by Crippen LogP contribution is 2.10. The van der Waals surface area contributed by atoms with Crippen LogP contribution in [0.1, 0.15) is 50.6 Å².